The highest BCUT2D eigenvalue weighted by atomic mass is 19.4. The van der Waals surface area contributed by atoms with Crippen LogP contribution in [0.2, 0.25) is 0 Å². The Morgan fingerprint density at radius 1 is 1.04 bits per heavy atom. The molecule has 0 N–H and O–H groups in total. The lowest BCUT2D eigenvalue weighted by Crippen LogP contribution is -2.39. The number of piperidine rings is 1. The minimum absolute atomic E-state index is 0.0525. The van der Waals surface area contributed by atoms with Crippen molar-refractivity contribution in [2.24, 2.45) is 0 Å². The third-order valence-electron chi connectivity index (χ3n) is 4.87. The normalized spacial score (nSPS) is 19.0. The van der Waals surface area contributed by atoms with Crippen LogP contribution in [0.25, 0.3) is 0 Å². The van der Waals surface area contributed by atoms with Gasteiger partial charge < -0.3 is 4.90 Å². The largest absolute Gasteiger partial charge is 0.433 e. The molecule has 0 radical (unpaired) electrons. The van der Waals surface area contributed by atoms with E-state index in [1.807, 2.05) is 0 Å². The van der Waals surface area contributed by atoms with Gasteiger partial charge in [0.1, 0.15) is 5.69 Å². The first-order chi connectivity index (χ1) is 12.4. The Bertz CT molecular complexity index is 854. The zero-order valence-corrected chi connectivity index (χ0v) is 14.0. The average Bonchev–Trinajstić information content (AvgIpc) is 3.47. The maximum Gasteiger partial charge on any atom is 0.433 e. The molecule has 2 aromatic heterocycles. The van der Waals surface area contributed by atoms with E-state index >= 15 is 0 Å². The smallest absolute Gasteiger partial charge is 0.341 e. The fourth-order valence-electron chi connectivity index (χ4n) is 3.27. The minimum Gasteiger partial charge on any atom is -0.341 e. The zero-order valence-electron chi connectivity index (χ0n) is 14.0. The topological polar surface area (TPSA) is 63.9 Å². The molecule has 1 saturated carbocycles. The Morgan fingerprint density at radius 3 is 2.42 bits per heavy atom. The number of aromatic nitrogens is 4. The number of hydrogen-bond donors (Lipinski definition) is 0. The van der Waals surface area contributed by atoms with Crippen LogP contribution in [-0.4, -0.2) is 32.8 Å². The summed E-state index contributed by atoms with van der Waals surface area (Å²) in [7, 11) is 0. The molecule has 2 aliphatic rings. The van der Waals surface area contributed by atoms with Crippen molar-refractivity contribution in [1.82, 2.24) is 19.7 Å². The minimum atomic E-state index is -4.49. The summed E-state index contributed by atoms with van der Waals surface area (Å²) in [6.07, 6.45) is 0.0766. The number of rotatable bonds is 3. The lowest BCUT2D eigenvalue weighted by molar-refractivity contribution is -0.141. The lowest BCUT2D eigenvalue weighted by Gasteiger charge is -2.32. The fraction of sp³-hybridized carbons (Fsp3) is 0.529. The lowest BCUT2D eigenvalue weighted by atomic mass is 10.1. The summed E-state index contributed by atoms with van der Waals surface area (Å²) in [5.74, 6) is 0.533. The fourth-order valence-corrected chi connectivity index (χ4v) is 3.27. The second-order valence-electron chi connectivity index (χ2n) is 6.77. The van der Waals surface area contributed by atoms with Gasteiger partial charge in [-0.25, -0.2) is 14.6 Å². The average molecular weight is 365 g/mol. The molecule has 2 fully saturated rings. The highest BCUT2D eigenvalue weighted by Crippen LogP contribution is 2.38. The van der Waals surface area contributed by atoms with Crippen LogP contribution in [0.15, 0.2) is 29.2 Å². The molecule has 1 saturated heterocycles. The highest BCUT2D eigenvalue weighted by Gasteiger charge is 2.34. The Morgan fingerprint density at radius 2 is 1.77 bits per heavy atom. The van der Waals surface area contributed by atoms with Gasteiger partial charge in [0.25, 0.3) is 5.56 Å². The first-order valence-electron chi connectivity index (χ1n) is 8.67. The van der Waals surface area contributed by atoms with E-state index in [1.54, 1.807) is 17.0 Å². The number of halogens is 3. The van der Waals surface area contributed by atoms with Gasteiger partial charge in [0.05, 0.1) is 11.7 Å². The van der Waals surface area contributed by atoms with Gasteiger partial charge in [0, 0.05) is 31.3 Å². The van der Waals surface area contributed by atoms with E-state index in [4.69, 9.17) is 0 Å². The van der Waals surface area contributed by atoms with E-state index in [-0.39, 0.29) is 17.5 Å². The number of alkyl halides is 3. The van der Waals surface area contributed by atoms with Gasteiger partial charge in [0.15, 0.2) is 0 Å². The molecule has 4 rings (SSSR count). The molecule has 9 heteroatoms. The van der Waals surface area contributed by atoms with Crippen molar-refractivity contribution in [2.45, 2.75) is 43.8 Å². The molecule has 0 bridgehead atoms. The molecular formula is C17H18F3N5O. The molecule has 0 unspecified atom stereocenters. The molecule has 0 atom stereocenters. The summed E-state index contributed by atoms with van der Waals surface area (Å²) >= 11 is 0. The van der Waals surface area contributed by atoms with Crippen LogP contribution in [0.5, 0.6) is 0 Å². The Balaban J connectivity index is 1.48. The molecular weight excluding hydrogens is 347 g/mol. The van der Waals surface area contributed by atoms with Gasteiger partial charge in [-0.15, -0.1) is 0 Å². The van der Waals surface area contributed by atoms with Crippen LogP contribution in [0.4, 0.5) is 19.1 Å². The van der Waals surface area contributed by atoms with Gasteiger partial charge >= 0.3 is 6.18 Å². The summed E-state index contributed by atoms with van der Waals surface area (Å²) < 4.78 is 40.0. The van der Waals surface area contributed by atoms with Crippen LogP contribution >= 0.6 is 0 Å². The van der Waals surface area contributed by atoms with E-state index in [9.17, 15) is 18.0 Å². The monoisotopic (exact) mass is 365 g/mol. The maximum absolute atomic E-state index is 12.8. The quantitative estimate of drug-likeness (QED) is 0.837. The van der Waals surface area contributed by atoms with E-state index < -0.39 is 11.9 Å². The van der Waals surface area contributed by atoms with Crippen LogP contribution < -0.4 is 10.5 Å². The number of anilines is 1. The van der Waals surface area contributed by atoms with Crippen molar-refractivity contribution in [3.05, 3.63) is 46.1 Å². The summed E-state index contributed by atoms with van der Waals surface area (Å²) in [5, 5.41) is 4.51. The van der Waals surface area contributed by atoms with Crippen LogP contribution in [0, 0.1) is 0 Å². The molecule has 1 aliphatic carbocycles. The van der Waals surface area contributed by atoms with Gasteiger partial charge in [-0.3, -0.25) is 4.79 Å². The third kappa shape index (κ3) is 3.42. The highest BCUT2D eigenvalue weighted by molar-refractivity contribution is 5.31. The standard InChI is InChI=1S/C17H18F3N5O/c18-17(19,20)14-5-8-21-16(22-14)24-9-6-12(7-10-24)25-15(26)4-3-13(23-25)11-1-2-11/h3-5,8,11-12H,1-2,6-7,9-10H2. The zero-order chi connectivity index (χ0) is 18.3. The van der Waals surface area contributed by atoms with Crippen molar-refractivity contribution in [3.63, 3.8) is 0 Å². The molecule has 0 aromatic carbocycles. The van der Waals surface area contributed by atoms with E-state index in [2.05, 4.69) is 15.1 Å². The van der Waals surface area contributed by atoms with Gasteiger partial charge in [-0.2, -0.15) is 18.3 Å². The summed E-state index contributed by atoms with van der Waals surface area (Å²) in [4.78, 5) is 21.5. The van der Waals surface area contributed by atoms with E-state index in [0.29, 0.717) is 31.8 Å². The Labute approximate surface area is 147 Å². The van der Waals surface area contributed by atoms with E-state index in [0.717, 1.165) is 30.8 Å². The van der Waals surface area contributed by atoms with Crippen molar-refractivity contribution < 1.29 is 13.2 Å². The molecule has 3 heterocycles. The van der Waals surface area contributed by atoms with Crippen molar-refractivity contribution in [3.8, 4) is 0 Å². The second-order valence-corrected chi connectivity index (χ2v) is 6.77. The molecule has 26 heavy (non-hydrogen) atoms. The van der Waals surface area contributed by atoms with Gasteiger partial charge in [-0.1, -0.05) is 0 Å². The predicted octanol–water partition coefficient (Wildman–Crippen LogP) is 2.77. The van der Waals surface area contributed by atoms with Crippen LogP contribution in [0.1, 0.15) is 49.0 Å². The molecule has 0 amide bonds. The first-order valence-corrected chi connectivity index (χ1v) is 8.67. The second kappa shape index (κ2) is 6.37. The third-order valence-corrected chi connectivity index (χ3v) is 4.87. The Hall–Kier alpha value is -2.45. The van der Waals surface area contributed by atoms with Crippen molar-refractivity contribution in [2.75, 3.05) is 18.0 Å². The van der Waals surface area contributed by atoms with Gasteiger partial charge in [-0.05, 0) is 37.8 Å². The van der Waals surface area contributed by atoms with Crippen molar-refractivity contribution >= 4 is 5.95 Å². The van der Waals surface area contributed by atoms with Gasteiger partial charge in [0.2, 0.25) is 5.95 Å². The summed E-state index contributed by atoms with van der Waals surface area (Å²) in [5.41, 5.74) is -0.129. The molecule has 6 nitrogen and oxygen atoms in total. The molecule has 138 valence electrons. The first kappa shape index (κ1) is 17.0. The SMILES string of the molecule is O=c1ccc(C2CC2)nn1C1CCN(c2nccc(C(F)(F)F)n2)CC1. The van der Waals surface area contributed by atoms with Crippen molar-refractivity contribution in [1.29, 1.82) is 0 Å². The Kier molecular flexibility index (Phi) is 4.16. The molecule has 0 spiro atoms. The molecule has 1 aliphatic heterocycles. The maximum atomic E-state index is 12.8. The van der Waals surface area contributed by atoms with E-state index in [1.165, 1.54) is 4.68 Å². The molecule has 2 aromatic rings. The van der Waals surface area contributed by atoms with Crippen LogP contribution in [-0.2, 0) is 6.18 Å². The van der Waals surface area contributed by atoms with Crippen LogP contribution in [0.3, 0.4) is 0 Å². The number of hydrogen-bond acceptors (Lipinski definition) is 5. The number of nitrogens with zero attached hydrogens (tertiary/aromatic N) is 5. The predicted molar refractivity (Wildman–Crippen MR) is 88.0 cm³/mol. The summed E-state index contributed by atoms with van der Waals surface area (Å²) in [6, 6.07) is 4.16. The summed E-state index contributed by atoms with van der Waals surface area (Å²) in [6.45, 7) is 0.960.